The van der Waals surface area contributed by atoms with Crippen LogP contribution in [-0.2, 0) is 6.61 Å². The molecule has 17 heavy (non-hydrogen) atoms. The lowest BCUT2D eigenvalue weighted by atomic mass is 10.5. The van der Waals surface area contributed by atoms with E-state index in [1.165, 1.54) is 7.11 Å². The van der Waals surface area contributed by atoms with Crippen molar-refractivity contribution in [2.24, 2.45) is 0 Å². The van der Waals surface area contributed by atoms with Crippen LogP contribution in [0.25, 0.3) is 0 Å². The maximum Gasteiger partial charge on any atom is 0.324 e. The highest BCUT2D eigenvalue weighted by atomic mass is 16.5. The van der Waals surface area contributed by atoms with Crippen LogP contribution in [0.5, 0.6) is 12.0 Å². The molecular weight excluding hydrogens is 224 g/mol. The standard InChI is InChI=1S/C10H12N4O3/c1-11-8-12-9(15-2)14-10(13-8)17-6-7-4-3-5-16-7/h3-5H,6H2,1-2H3,(H,11,12,13,14). The van der Waals surface area contributed by atoms with Crippen molar-refractivity contribution in [3.05, 3.63) is 24.2 Å². The highest BCUT2D eigenvalue weighted by molar-refractivity contribution is 5.26. The first kappa shape index (κ1) is 11.2. The number of rotatable bonds is 5. The summed E-state index contributed by atoms with van der Waals surface area (Å²) in [6.45, 7) is 0.253. The monoisotopic (exact) mass is 236 g/mol. The predicted octanol–water partition coefficient (Wildman–Crippen LogP) is 1.09. The molecule has 0 saturated carbocycles. The maximum atomic E-state index is 5.36. The summed E-state index contributed by atoms with van der Waals surface area (Å²) in [5.74, 6) is 1.07. The highest BCUT2D eigenvalue weighted by Crippen LogP contribution is 2.13. The van der Waals surface area contributed by atoms with Crippen LogP contribution in [0.4, 0.5) is 5.95 Å². The number of aromatic nitrogens is 3. The molecule has 2 rings (SSSR count). The van der Waals surface area contributed by atoms with Gasteiger partial charge in [0, 0.05) is 7.05 Å². The van der Waals surface area contributed by atoms with Gasteiger partial charge in [0.25, 0.3) is 0 Å². The SMILES string of the molecule is CNc1nc(OC)nc(OCc2ccco2)n1. The van der Waals surface area contributed by atoms with E-state index in [2.05, 4.69) is 20.3 Å². The number of methoxy groups -OCH3 is 1. The van der Waals surface area contributed by atoms with Gasteiger partial charge in [0.05, 0.1) is 13.4 Å². The van der Waals surface area contributed by atoms with Crippen LogP contribution in [0.1, 0.15) is 5.76 Å². The van der Waals surface area contributed by atoms with Crippen molar-refractivity contribution < 1.29 is 13.9 Å². The fourth-order valence-corrected chi connectivity index (χ4v) is 1.14. The van der Waals surface area contributed by atoms with Crippen LogP contribution in [0.15, 0.2) is 22.8 Å². The lowest BCUT2D eigenvalue weighted by molar-refractivity contribution is 0.244. The minimum Gasteiger partial charge on any atom is -0.467 e. The van der Waals surface area contributed by atoms with Crippen molar-refractivity contribution in [2.75, 3.05) is 19.5 Å². The van der Waals surface area contributed by atoms with E-state index < -0.39 is 0 Å². The molecule has 0 aliphatic rings. The van der Waals surface area contributed by atoms with Crippen molar-refractivity contribution in [3.63, 3.8) is 0 Å². The number of anilines is 1. The lowest BCUT2D eigenvalue weighted by Crippen LogP contribution is -2.05. The van der Waals surface area contributed by atoms with Gasteiger partial charge < -0.3 is 19.2 Å². The molecule has 0 amide bonds. The Kier molecular flexibility index (Phi) is 3.39. The summed E-state index contributed by atoms with van der Waals surface area (Å²) < 4.78 is 15.4. The Hall–Kier alpha value is -2.31. The third-order valence-corrected chi connectivity index (χ3v) is 1.92. The predicted molar refractivity (Wildman–Crippen MR) is 59.0 cm³/mol. The average Bonchev–Trinajstić information content (AvgIpc) is 2.89. The molecule has 90 valence electrons. The molecule has 0 atom stereocenters. The van der Waals surface area contributed by atoms with Crippen LogP contribution >= 0.6 is 0 Å². The van der Waals surface area contributed by atoms with E-state index in [1.54, 1.807) is 25.4 Å². The number of hydrogen-bond donors (Lipinski definition) is 1. The molecule has 2 aromatic heterocycles. The van der Waals surface area contributed by atoms with Crippen LogP contribution in [0.2, 0.25) is 0 Å². The van der Waals surface area contributed by atoms with Crippen molar-refractivity contribution in [1.82, 2.24) is 15.0 Å². The van der Waals surface area contributed by atoms with Crippen molar-refractivity contribution in [3.8, 4) is 12.0 Å². The zero-order valence-corrected chi connectivity index (χ0v) is 9.51. The molecule has 0 aromatic carbocycles. The van der Waals surface area contributed by atoms with Crippen molar-refractivity contribution >= 4 is 5.95 Å². The van der Waals surface area contributed by atoms with Gasteiger partial charge in [-0.25, -0.2) is 0 Å². The smallest absolute Gasteiger partial charge is 0.324 e. The molecule has 0 bridgehead atoms. The molecule has 2 aromatic rings. The molecule has 0 aliphatic heterocycles. The van der Waals surface area contributed by atoms with Crippen LogP contribution in [-0.4, -0.2) is 29.1 Å². The van der Waals surface area contributed by atoms with E-state index in [0.29, 0.717) is 11.7 Å². The summed E-state index contributed by atoms with van der Waals surface area (Å²) in [5.41, 5.74) is 0. The van der Waals surface area contributed by atoms with E-state index in [0.717, 1.165) is 0 Å². The fourth-order valence-electron chi connectivity index (χ4n) is 1.14. The summed E-state index contributed by atoms with van der Waals surface area (Å²) >= 11 is 0. The molecular formula is C10H12N4O3. The number of furan rings is 1. The van der Waals surface area contributed by atoms with Gasteiger partial charge in [-0.1, -0.05) is 0 Å². The summed E-state index contributed by atoms with van der Waals surface area (Å²) in [7, 11) is 3.18. The topological polar surface area (TPSA) is 82.3 Å². The summed E-state index contributed by atoms with van der Waals surface area (Å²) in [4.78, 5) is 11.9. The van der Waals surface area contributed by atoms with E-state index in [9.17, 15) is 0 Å². The third kappa shape index (κ3) is 2.83. The maximum absolute atomic E-state index is 5.36. The van der Waals surface area contributed by atoms with Gasteiger partial charge in [0.1, 0.15) is 12.4 Å². The first-order valence-corrected chi connectivity index (χ1v) is 4.95. The Morgan fingerprint density at radius 1 is 1.29 bits per heavy atom. The van der Waals surface area contributed by atoms with E-state index in [4.69, 9.17) is 13.9 Å². The zero-order valence-electron chi connectivity index (χ0n) is 9.51. The molecule has 7 nitrogen and oxygen atoms in total. The zero-order chi connectivity index (χ0) is 12.1. The Labute approximate surface area is 97.8 Å². The minimum absolute atomic E-state index is 0.178. The van der Waals surface area contributed by atoms with E-state index >= 15 is 0 Å². The molecule has 0 spiro atoms. The lowest BCUT2D eigenvalue weighted by Gasteiger charge is -2.05. The number of hydrogen-bond acceptors (Lipinski definition) is 7. The Morgan fingerprint density at radius 2 is 2.12 bits per heavy atom. The number of ether oxygens (including phenoxy) is 2. The summed E-state index contributed by atoms with van der Waals surface area (Å²) in [5, 5.41) is 2.79. The second-order valence-electron chi connectivity index (χ2n) is 3.05. The van der Waals surface area contributed by atoms with Gasteiger partial charge in [-0.2, -0.15) is 9.97 Å². The Balaban J connectivity index is 2.09. The molecule has 7 heteroatoms. The molecule has 2 heterocycles. The summed E-state index contributed by atoms with van der Waals surface area (Å²) in [6.07, 6.45) is 1.58. The van der Waals surface area contributed by atoms with E-state index in [-0.39, 0.29) is 18.6 Å². The molecule has 1 N–H and O–H groups in total. The van der Waals surface area contributed by atoms with Crippen molar-refractivity contribution in [1.29, 1.82) is 0 Å². The van der Waals surface area contributed by atoms with E-state index in [1.807, 2.05) is 0 Å². The Morgan fingerprint density at radius 3 is 2.76 bits per heavy atom. The fraction of sp³-hybridized carbons (Fsp3) is 0.300. The molecule has 0 saturated heterocycles. The molecule has 0 unspecified atom stereocenters. The van der Waals surface area contributed by atoms with Crippen molar-refractivity contribution in [2.45, 2.75) is 6.61 Å². The second kappa shape index (κ2) is 5.15. The van der Waals surface area contributed by atoms with Crippen LogP contribution < -0.4 is 14.8 Å². The quantitative estimate of drug-likeness (QED) is 0.832. The van der Waals surface area contributed by atoms with Gasteiger partial charge in [0.15, 0.2) is 0 Å². The minimum atomic E-state index is 0.178. The average molecular weight is 236 g/mol. The van der Waals surface area contributed by atoms with Crippen LogP contribution in [0, 0.1) is 0 Å². The largest absolute Gasteiger partial charge is 0.467 e. The summed E-state index contributed by atoms with van der Waals surface area (Å²) in [6, 6.07) is 3.96. The van der Waals surface area contributed by atoms with Gasteiger partial charge in [-0.15, -0.1) is 4.98 Å². The molecule has 0 fully saturated rings. The van der Waals surface area contributed by atoms with Gasteiger partial charge >= 0.3 is 12.0 Å². The second-order valence-corrected chi connectivity index (χ2v) is 3.05. The first-order valence-electron chi connectivity index (χ1n) is 4.95. The van der Waals surface area contributed by atoms with Gasteiger partial charge in [0.2, 0.25) is 5.95 Å². The third-order valence-electron chi connectivity index (χ3n) is 1.92. The van der Waals surface area contributed by atoms with Crippen LogP contribution in [0.3, 0.4) is 0 Å². The van der Waals surface area contributed by atoms with Gasteiger partial charge in [-0.3, -0.25) is 0 Å². The molecule has 0 aliphatic carbocycles. The highest BCUT2D eigenvalue weighted by Gasteiger charge is 2.07. The number of nitrogens with one attached hydrogen (secondary N) is 1. The number of nitrogens with zero attached hydrogens (tertiary/aromatic N) is 3. The molecule has 0 radical (unpaired) electrons. The normalized spacial score (nSPS) is 10.0. The van der Waals surface area contributed by atoms with Gasteiger partial charge in [-0.05, 0) is 12.1 Å². The first-order chi connectivity index (χ1) is 8.31. The Bertz CT molecular complexity index is 450.